The average Bonchev–Trinajstić information content (AvgIpc) is 3.54. The van der Waals surface area contributed by atoms with Crippen LogP contribution in [-0.2, 0) is 24.9 Å². The molecule has 0 bridgehead atoms. The quantitative estimate of drug-likeness (QED) is 0.321. The second-order valence-electron chi connectivity index (χ2n) is 9.51. The lowest BCUT2D eigenvalue weighted by atomic mass is 10.1. The number of pyridine rings is 2. The summed E-state index contributed by atoms with van der Waals surface area (Å²) in [6.07, 6.45) is 3.92. The molecule has 0 atom stereocenters. The third-order valence-corrected chi connectivity index (χ3v) is 7.18. The third kappa shape index (κ3) is 4.55. The van der Waals surface area contributed by atoms with E-state index in [2.05, 4.69) is 62.8 Å². The van der Waals surface area contributed by atoms with Gasteiger partial charge in [0.15, 0.2) is 5.75 Å². The summed E-state index contributed by atoms with van der Waals surface area (Å²) >= 11 is 0. The molecule has 1 aromatic carbocycles. The van der Waals surface area contributed by atoms with Crippen LogP contribution < -0.4 is 19.7 Å². The first kappa shape index (κ1) is 24.3. The van der Waals surface area contributed by atoms with Crippen molar-refractivity contribution in [3.63, 3.8) is 0 Å². The molecule has 0 spiro atoms. The van der Waals surface area contributed by atoms with Crippen molar-refractivity contribution in [3.05, 3.63) is 66.0 Å². The lowest BCUT2D eigenvalue weighted by Crippen LogP contribution is -2.36. The fourth-order valence-electron chi connectivity index (χ4n) is 5.12. The van der Waals surface area contributed by atoms with Gasteiger partial charge in [-0.25, -0.2) is 9.97 Å². The molecule has 1 fully saturated rings. The largest absolute Gasteiger partial charge is 0.491 e. The molecule has 9 heteroatoms. The minimum Gasteiger partial charge on any atom is -0.491 e. The number of nitrogens with one attached hydrogen (secondary N) is 2. The van der Waals surface area contributed by atoms with E-state index in [1.807, 2.05) is 23.9 Å². The molecular formula is C29H32N6O3. The van der Waals surface area contributed by atoms with Crippen LogP contribution in [0.25, 0.3) is 33.3 Å². The van der Waals surface area contributed by atoms with Crippen molar-refractivity contribution in [1.82, 2.24) is 24.8 Å². The minimum atomic E-state index is 0.463. The number of anilines is 1. The molecule has 0 saturated carbocycles. The van der Waals surface area contributed by atoms with E-state index in [4.69, 9.17) is 19.2 Å². The van der Waals surface area contributed by atoms with Gasteiger partial charge in [0.25, 0.3) is 5.88 Å². The Hall–Kier alpha value is -4.08. The Bertz CT molecular complexity index is 1570. The monoisotopic (exact) mass is 512 g/mol. The molecule has 38 heavy (non-hydrogen) atoms. The van der Waals surface area contributed by atoms with E-state index in [9.17, 15) is 0 Å². The predicted octanol–water partition coefficient (Wildman–Crippen LogP) is 4.26. The molecule has 2 N–H and O–H groups in total. The first-order chi connectivity index (χ1) is 18.6. The highest BCUT2D eigenvalue weighted by Crippen LogP contribution is 2.36. The number of ether oxygens (including phenoxy) is 3. The van der Waals surface area contributed by atoms with Crippen molar-refractivity contribution < 1.29 is 14.2 Å². The van der Waals surface area contributed by atoms with Crippen LogP contribution in [0.5, 0.6) is 11.6 Å². The molecule has 0 aliphatic carbocycles. The molecule has 5 aromatic rings. The van der Waals surface area contributed by atoms with Gasteiger partial charge < -0.3 is 34.0 Å². The number of benzene rings is 1. The minimum absolute atomic E-state index is 0.463. The number of aryl methyl sites for hydroxylation is 1. The summed E-state index contributed by atoms with van der Waals surface area (Å²) in [5.74, 6) is 1.07. The highest BCUT2D eigenvalue weighted by Gasteiger charge is 2.18. The van der Waals surface area contributed by atoms with E-state index in [1.165, 1.54) is 16.8 Å². The van der Waals surface area contributed by atoms with Crippen LogP contribution in [0.3, 0.4) is 0 Å². The lowest BCUT2D eigenvalue weighted by molar-refractivity contribution is 0.122. The zero-order valence-corrected chi connectivity index (χ0v) is 22.0. The zero-order chi connectivity index (χ0) is 26.1. The van der Waals surface area contributed by atoms with E-state index in [1.54, 1.807) is 14.2 Å². The summed E-state index contributed by atoms with van der Waals surface area (Å²) in [5.41, 5.74) is 8.31. The maximum absolute atomic E-state index is 5.46. The molecule has 196 valence electrons. The second kappa shape index (κ2) is 10.4. The smallest absolute Gasteiger partial charge is 0.257 e. The molecule has 6 rings (SSSR count). The Morgan fingerprint density at radius 2 is 1.84 bits per heavy atom. The molecule has 4 aromatic heterocycles. The highest BCUT2D eigenvalue weighted by atomic mass is 16.5. The van der Waals surface area contributed by atoms with Crippen LogP contribution in [0.15, 0.2) is 54.9 Å². The summed E-state index contributed by atoms with van der Waals surface area (Å²) in [5, 5.41) is 4.69. The van der Waals surface area contributed by atoms with E-state index < -0.39 is 0 Å². The second-order valence-corrected chi connectivity index (χ2v) is 9.51. The Balaban J connectivity index is 1.21. The molecule has 0 amide bonds. The first-order valence-electron chi connectivity index (χ1n) is 12.8. The summed E-state index contributed by atoms with van der Waals surface area (Å²) in [7, 11) is 5.22. The van der Waals surface area contributed by atoms with Gasteiger partial charge in [0.1, 0.15) is 11.2 Å². The standard InChI is InChI=1S/C29H32N6O3/c1-34-18-23(27-25(34)15-26(36-2)29(33-27)37-3)24-14-22-20(8-9-31-28(22)32-24)17-30-16-19-4-6-21(7-5-19)35-10-12-38-13-11-35/h4-9,14-15,18,30H,10-13,16-17H2,1-3H3,(H,31,32). The average molecular weight is 513 g/mol. The summed E-state index contributed by atoms with van der Waals surface area (Å²) in [6.45, 7) is 5.02. The van der Waals surface area contributed by atoms with Crippen molar-refractivity contribution >= 4 is 27.8 Å². The maximum Gasteiger partial charge on any atom is 0.257 e. The number of rotatable bonds is 8. The van der Waals surface area contributed by atoms with Crippen LogP contribution in [0, 0.1) is 0 Å². The van der Waals surface area contributed by atoms with Gasteiger partial charge in [-0.1, -0.05) is 12.1 Å². The van der Waals surface area contributed by atoms with Crippen LogP contribution in [-0.4, -0.2) is 60.0 Å². The number of aromatic nitrogens is 4. The van der Waals surface area contributed by atoms with E-state index >= 15 is 0 Å². The number of nitrogens with zero attached hydrogens (tertiary/aromatic N) is 4. The number of morpholine rings is 1. The van der Waals surface area contributed by atoms with E-state index in [0.29, 0.717) is 11.6 Å². The normalized spacial score (nSPS) is 13.9. The predicted molar refractivity (Wildman–Crippen MR) is 149 cm³/mol. The maximum atomic E-state index is 5.46. The molecule has 1 aliphatic rings. The van der Waals surface area contributed by atoms with Gasteiger partial charge in [-0.05, 0) is 35.4 Å². The van der Waals surface area contributed by atoms with Gasteiger partial charge in [0.2, 0.25) is 0 Å². The Kier molecular flexibility index (Phi) is 6.61. The number of fused-ring (bicyclic) bond motifs is 2. The van der Waals surface area contributed by atoms with E-state index in [0.717, 1.165) is 72.7 Å². The van der Waals surface area contributed by atoms with Crippen molar-refractivity contribution in [2.24, 2.45) is 7.05 Å². The van der Waals surface area contributed by atoms with Gasteiger partial charge in [-0.2, -0.15) is 0 Å². The van der Waals surface area contributed by atoms with Crippen molar-refractivity contribution in [1.29, 1.82) is 0 Å². The van der Waals surface area contributed by atoms with Crippen LogP contribution in [0.2, 0.25) is 0 Å². The molecule has 5 heterocycles. The number of H-pyrrole nitrogens is 1. The van der Waals surface area contributed by atoms with Gasteiger partial charge in [-0.3, -0.25) is 0 Å². The van der Waals surface area contributed by atoms with Gasteiger partial charge in [0.05, 0.1) is 38.6 Å². The summed E-state index contributed by atoms with van der Waals surface area (Å²) < 4.78 is 18.4. The Labute approximate surface area is 221 Å². The lowest BCUT2D eigenvalue weighted by Gasteiger charge is -2.28. The fraction of sp³-hybridized carbons (Fsp3) is 0.310. The Morgan fingerprint density at radius 3 is 2.61 bits per heavy atom. The highest BCUT2D eigenvalue weighted by molar-refractivity contribution is 5.96. The number of methoxy groups -OCH3 is 2. The topological polar surface area (TPSA) is 89.5 Å². The summed E-state index contributed by atoms with van der Waals surface area (Å²) in [4.78, 5) is 15.2. The first-order valence-corrected chi connectivity index (χ1v) is 12.8. The molecule has 0 radical (unpaired) electrons. The van der Waals surface area contributed by atoms with Crippen molar-refractivity contribution in [2.75, 3.05) is 45.4 Å². The molecule has 1 saturated heterocycles. The summed E-state index contributed by atoms with van der Waals surface area (Å²) in [6, 6.07) is 15.0. The SMILES string of the molecule is COc1cc2c(nc1OC)c(-c1cc3c(CNCc4ccc(N5CCOCC5)cc4)ccnc3[nH]1)cn2C. The van der Waals surface area contributed by atoms with Crippen LogP contribution in [0.4, 0.5) is 5.69 Å². The zero-order valence-electron chi connectivity index (χ0n) is 22.0. The van der Waals surface area contributed by atoms with Crippen molar-refractivity contribution in [2.45, 2.75) is 13.1 Å². The van der Waals surface area contributed by atoms with Crippen LogP contribution >= 0.6 is 0 Å². The van der Waals surface area contributed by atoms with Crippen LogP contribution in [0.1, 0.15) is 11.1 Å². The third-order valence-electron chi connectivity index (χ3n) is 7.18. The number of hydrogen-bond donors (Lipinski definition) is 2. The molecule has 9 nitrogen and oxygen atoms in total. The van der Waals surface area contributed by atoms with Gasteiger partial charge in [0, 0.05) is 68.3 Å². The number of aromatic amines is 1. The van der Waals surface area contributed by atoms with Gasteiger partial charge in [-0.15, -0.1) is 0 Å². The Morgan fingerprint density at radius 1 is 1.03 bits per heavy atom. The van der Waals surface area contributed by atoms with Gasteiger partial charge >= 0.3 is 0 Å². The molecule has 1 aliphatic heterocycles. The van der Waals surface area contributed by atoms with E-state index in [-0.39, 0.29) is 0 Å². The molecule has 0 unspecified atom stereocenters. The molecular weight excluding hydrogens is 480 g/mol. The number of hydrogen-bond acceptors (Lipinski definition) is 7. The van der Waals surface area contributed by atoms with Crippen molar-refractivity contribution in [3.8, 4) is 22.9 Å². The fourth-order valence-corrected chi connectivity index (χ4v) is 5.12.